The maximum absolute atomic E-state index is 6.49. The fraction of sp³-hybridized carbons (Fsp3) is 0.538. The summed E-state index contributed by atoms with van der Waals surface area (Å²) in [5.41, 5.74) is 9.13. The average molecular weight is 221 g/mol. The van der Waals surface area contributed by atoms with Crippen LogP contribution in [0.25, 0.3) is 0 Å². The van der Waals surface area contributed by atoms with Crippen LogP contribution in [-0.4, -0.2) is 6.26 Å². The minimum atomic E-state index is -0.0496. The van der Waals surface area contributed by atoms with E-state index in [-0.39, 0.29) is 5.54 Å². The molecule has 0 amide bonds. The van der Waals surface area contributed by atoms with Crippen molar-refractivity contribution >= 4 is 11.8 Å². The zero-order chi connectivity index (χ0) is 10.9. The highest BCUT2D eigenvalue weighted by atomic mass is 32.2. The largest absolute Gasteiger partial charge is 0.321 e. The van der Waals surface area contributed by atoms with Gasteiger partial charge in [0.15, 0.2) is 0 Å². The van der Waals surface area contributed by atoms with E-state index in [9.17, 15) is 0 Å². The van der Waals surface area contributed by atoms with Crippen LogP contribution in [0.4, 0.5) is 0 Å². The van der Waals surface area contributed by atoms with Crippen molar-refractivity contribution in [3.8, 4) is 0 Å². The monoisotopic (exact) mass is 221 g/mol. The van der Waals surface area contributed by atoms with Crippen LogP contribution in [0.1, 0.15) is 36.8 Å². The highest BCUT2D eigenvalue weighted by molar-refractivity contribution is 7.98. The third-order valence-corrected chi connectivity index (χ3v) is 4.17. The first-order valence-corrected chi connectivity index (χ1v) is 6.82. The summed E-state index contributed by atoms with van der Waals surface area (Å²) in [7, 11) is 0. The van der Waals surface area contributed by atoms with Crippen molar-refractivity contribution in [3.05, 3.63) is 29.3 Å². The molecular formula is C13H19NS. The number of thioether (sulfide) groups is 1. The van der Waals surface area contributed by atoms with Crippen LogP contribution in [0.5, 0.6) is 0 Å². The fourth-order valence-electron chi connectivity index (χ4n) is 2.49. The summed E-state index contributed by atoms with van der Waals surface area (Å²) >= 11 is 1.81. The molecule has 0 heterocycles. The zero-order valence-corrected chi connectivity index (χ0v) is 10.4. The molecule has 1 nitrogen and oxygen atoms in total. The summed E-state index contributed by atoms with van der Waals surface area (Å²) in [6.45, 7) is 2.14. The van der Waals surface area contributed by atoms with Crippen molar-refractivity contribution in [1.82, 2.24) is 0 Å². The molecule has 0 radical (unpaired) electrons. The van der Waals surface area contributed by atoms with Gasteiger partial charge >= 0.3 is 0 Å². The van der Waals surface area contributed by atoms with Crippen LogP contribution in [0.3, 0.4) is 0 Å². The quantitative estimate of drug-likeness (QED) is 0.774. The molecule has 2 N–H and O–H groups in total. The Hall–Kier alpha value is -0.470. The molecule has 0 bridgehead atoms. The van der Waals surface area contributed by atoms with Gasteiger partial charge in [-0.05, 0) is 43.2 Å². The lowest BCUT2D eigenvalue weighted by molar-refractivity contribution is 0.453. The molecule has 2 heteroatoms. The van der Waals surface area contributed by atoms with E-state index in [0.717, 1.165) is 12.8 Å². The minimum Gasteiger partial charge on any atom is -0.321 e. The first kappa shape index (κ1) is 11.0. The minimum absolute atomic E-state index is 0.0496. The molecule has 0 unspecified atom stereocenters. The van der Waals surface area contributed by atoms with Gasteiger partial charge in [-0.2, -0.15) is 0 Å². The Kier molecular flexibility index (Phi) is 3.08. The van der Waals surface area contributed by atoms with E-state index in [2.05, 4.69) is 31.4 Å². The van der Waals surface area contributed by atoms with Crippen molar-refractivity contribution in [2.24, 2.45) is 5.73 Å². The molecule has 1 aliphatic carbocycles. The van der Waals surface area contributed by atoms with Crippen LogP contribution in [0.15, 0.2) is 23.1 Å². The molecule has 1 aromatic rings. The standard InChI is InChI=1S/C13H19NS/c1-10-5-6-11(12(9-10)15-2)13(14)7-3-4-8-13/h5-6,9H,3-4,7-8,14H2,1-2H3. The second-order valence-corrected chi connectivity index (χ2v) is 5.42. The number of hydrogen-bond acceptors (Lipinski definition) is 2. The van der Waals surface area contributed by atoms with E-state index in [1.54, 1.807) is 0 Å². The van der Waals surface area contributed by atoms with Crippen LogP contribution >= 0.6 is 11.8 Å². The lowest BCUT2D eigenvalue weighted by Gasteiger charge is -2.26. The van der Waals surface area contributed by atoms with Crippen LogP contribution in [0.2, 0.25) is 0 Å². The van der Waals surface area contributed by atoms with Gasteiger partial charge in [-0.15, -0.1) is 11.8 Å². The zero-order valence-electron chi connectivity index (χ0n) is 9.55. The summed E-state index contributed by atoms with van der Waals surface area (Å²) in [4.78, 5) is 1.36. The predicted octanol–water partition coefficient (Wildman–Crippen LogP) is 3.44. The Bertz CT molecular complexity index is 354. The summed E-state index contributed by atoms with van der Waals surface area (Å²) in [6.07, 6.45) is 6.97. The van der Waals surface area contributed by atoms with Gasteiger partial charge in [0.05, 0.1) is 0 Å². The van der Waals surface area contributed by atoms with E-state index < -0.39 is 0 Å². The normalized spacial score (nSPS) is 19.4. The summed E-state index contributed by atoms with van der Waals surface area (Å²) < 4.78 is 0. The molecule has 1 saturated carbocycles. The first-order chi connectivity index (χ1) is 7.15. The summed E-state index contributed by atoms with van der Waals surface area (Å²) in [6, 6.07) is 6.67. The number of rotatable bonds is 2. The number of hydrogen-bond donors (Lipinski definition) is 1. The van der Waals surface area contributed by atoms with E-state index in [1.807, 2.05) is 11.8 Å². The van der Waals surface area contributed by atoms with Gasteiger partial charge in [0.25, 0.3) is 0 Å². The van der Waals surface area contributed by atoms with Gasteiger partial charge in [0.1, 0.15) is 0 Å². The third-order valence-electron chi connectivity index (χ3n) is 3.39. The van der Waals surface area contributed by atoms with E-state index in [1.165, 1.54) is 28.9 Å². The third kappa shape index (κ3) is 2.06. The van der Waals surface area contributed by atoms with Crippen molar-refractivity contribution < 1.29 is 0 Å². The lowest BCUT2D eigenvalue weighted by atomic mass is 9.89. The van der Waals surface area contributed by atoms with Crippen LogP contribution < -0.4 is 5.73 Å². The molecule has 1 aromatic carbocycles. The molecule has 82 valence electrons. The second-order valence-electron chi connectivity index (χ2n) is 4.57. The van der Waals surface area contributed by atoms with E-state index in [0.29, 0.717) is 0 Å². The topological polar surface area (TPSA) is 26.0 Å². The molecule has 15 heavy (non-hydrogen) atoms. The van der Waals surface area contributed by atoms with Gasteiger partial charge in [0.2, 0.25) is 0 Å². The van der Waals surface area contributed by atoms with E-state index in [4.69, 9.17) is 5.73 Å². The van der Waals surface area contributed by atoms with Gasteiger partial charge in [-0.3, -0.25) is 0 Å². The average Bonchev–Trinajstić information content (AvgIpc) is 2.66. The van der Waals surface area contributed by atoms with Crippen LogP contribution in [0, 0.1) is 6.92 Å². The predicted molar refractivity (Wildman–Crippen MR) is 67.3 cm³/mol. The Balaban J connectivity index is 2.42. The second kappa shape index (κ2) is 4.18. The maximum Gasteiger partial charge on any atom is 0.0420 e. The van der Waals surface area contributed by atoms with Crippen molar-refractivity contribution in [2.45, 2.75) is 43.0 Å². The Labute approximate surface area is 96.4 Å². The molecule has 0 spiro atoms. The highest BCUT2D eigenvalue weighted by Crippen LogP contribution is 2.40. The summed E-state index contributed by atoms with van der Waals surface area (Å²) in [5.74, 6) is 0. The lowest BCUT2D eigenvalue weighted by Crippen LogP contribution is -2.33. The molecule has 1 fully saturated rings. The Morgan fingerprint density at radius 3 is 2.53 bits per heavy atom. The van der Waals surface area contributed by atoms with Gasteiger partial charge < -0.3 is 5.73 Å². The molecule has 0 atom stereocenters. The van der Waals surface area contributed by atoms with Crippen molar-refractivity contribution in [1.29, 1.82) is 0 Å². The molecule has 0 aromatic heterocycles. The SMILES string of the molecule is CSc1cc(C)ccc1C1(N)CCCC1. The number of benzene rings is 1. The Morgan fingerprint density at radius 2 is 1.93 bits per heavy atom. The smallest absolute Gasteiger partial charge is 0.0420 e. The Morgan fingerprint density at radius 1 is 1.27 bits per heavy atom. The molecule has 0 aliphatic heterocycles. The van der Waals surface area contributed by atoms with Crippen LogP contribution in [-0.2, 0) is 5.54 Å². The highest BCUT2D eigenvalue weighted by Gasteiger charge is 2.32. The number of nitrogens with two attached hydrogens (primary N) is 1. The number of aryl methyl sites for hydroxylation is 1. The van der Waals surface area contributed by atoms with Crippen molar-refractivity contribution in [2.75, 3.05) is 6.26 Å². The van der Waals surface area contributed by atoms with Gasteiger partial charge in [-0.25, -0.2) is 0 Å². The molecule has 1 aliphatic rings. The molecule has 2 rings (SSSR count). The first-order valence-electron chi connectivity index (χ1n) is 5.60. The van der Waals surface area contributed by atoms with Gasteiger partial charge in [0, 0.05) is 10.4 Å². The maximum atomic E-state index is 6.49. The van der Waals surface area contributed by atoms with Gasteiger partial charge in [-0.1, -0.05) is 25.0 Å². The van der Waals surface area contributed by atoms with Crippen molar-refractivity contribution in [3.63, 3.8) is 0 Å². The summed E-state index contributed by atoms with van der Waals surface area (Å²) in [5, 5.41) is 0. The van der Waals surface area contributed by atoms with E-state index >= 15 is 0 Å². The molecular weight excluding hydrogens is 202 g/mol. The molecule has 0 saturated heterocycles. The fourth-order valence-corrected chi connectivity index (χ4v) is 3.28.